The highest BCUT2D eigenvalue weighted by Gasteiger charge is 2.35. The molecule has 0 spiro atoms. The average Bonchev–Trinajstić information content (AvgIpc) is 3.29. The van der Waals surface area contributed by atoms with E-state index in [0.717, 1.165) is 76.7 Å². The van der Waals surface area contributed by atoms with E-state index in [0.29, 0.717) is 5.92 Å². The number of aliphatic hydroxyl groups is 1. The monoisotopic (exact) mass is 332 g/mol. The summed E-state index contributed by atoms with van der Waals surface area (Å²) in [5, 5.41) is 10.9. The van der Waals surface area contributed by atoms with Crippen molar-refractivity contribution < 1.29 is 9.84 Å². The van der Waals surface area contributed by atoms with Crippen LogP contribution in [0.3, 0.4) is 0 Å². The number of likely N-dealkylation sites (tertiary alicyclic amines) is 1. The summed E-state index contributed by atoms with van der Waals surface area (Å²) in [6.07, 6.45) is 6.90. The number of anilines is 1. The number of β-amino-alcohol motifs (C(OH)–C–C–N with tert-alkyl or cyclic N) is 1. The maximum atomic E-state index is 10.9. The maximum absolute atomic E-state index is 10.9. The van der Waals surface area contributed by atoms with Crippen LogP contribution in [0.1, 0.15) is 43.7 Å². The van der Waals surface area contributed by atoms with E-state index in [1.807, 2.05) is 0 Å². The first-order chi connectivity index (χ1) is 11.7. The topological polar surface area (TPSA) is 61.7 Å². The molecule has 0 aromatic carbocycles. The molecule has 1 N–H and O–H groups in total. The molecule has 6 nitrogen and oxygen atoms in total. The summed E-state index contributed by atoms with van der Waals surface area (Å²) in [5.74, 6) is 1.40. The van der Waals surface area contributed by atoms with Crippen LogP contribution in [0.2, 0.25) is 0 Å². The third-order valence-corrected chi connectivity index (χ3v) is 5.76. The van der Waals surface area contributed by atoms with Gasteiger partial charge in [0.05, 0.1) is 17.9 Å². The van der Waals surface area contributed by atoms with Crippen molar-refractivity contribution in [3.05, 3.63) is 18.1 Å². The largest absolute Gasteiger partial charge is 0.388 e. The van der Waals surface area contributed by atoms with E-state index < -0.39 is 5.60 Å². The van der Waals surface area contributed by atoms with Gasteiger partial charge in [0.1, 0.15) is 12.1 Å². The van der Waals surface area contributed by atoms with E-state index in [-0.39, 0.29) is 0 Å². The Kier molecular flexibility index (Phi) is 4.70. The lowest BCUT2D eigenvalue weighted by molar-refractivity contribution is -0.0111. The molecule has 0 saturated carbocycles. The van der Waals surface area contributed by atoms with Gasteiger partial charge in [-0.25, -0.2) is 9.97 Å². The summed E-state index contributed by atoms with van der Waals surface area (Å²) in [4.78, 5) is 13.6. The Morgan fingerprint density at radius 2 is 1.96 bits per heavy atom. The van der Waals surface area contributed by atoms with Crippen LogP contribution in [0.15, 0.2) is 12.4 Å². The molecule has 1 aromatic heterocycles. The van der Waals surface area contributed by atoms with Crippen molar-refractivity contribution in [2.75, 3.05) is 50.8 Å². The summed E-state index contributed by atoms with van der Waals surface area (Å²) < 4.78 is 5.48. The summed E-state index contributed by atoms with van der Waals surface area (Å²) in [6, 6.07) is 2.12. The van der Waals surface area contributed by atoms with Crippen LogP contribution in [0.4, 0.5) is 5.82 Å². The highest BCUT2D eigenvalue weighted by molar-refractivity contribution is 5.40. The predicted octanol–water partition coefficient (Wildman–Crippen LogP) is 1.41. The van der Waals surface area contributed by atoms with Gasteiger partial charge in [0.2, 0.25) is 0 Å². The van der Waals surface area contributed by atoms with Crippen molar-refractivity contribution in [3.8, 4) is 0 Å². The van der Waals surface area contributed by atoms with E-state index >= 15 is 0 Å². The minimum absolute atomic E-state index is 0.406. The van der Waals surface area contributed by atoms with Gasteiger partial charge in [-0.05, 0) is 45.2 Å². The Morgan fingerprint density at radius 1 is 1.17 bits per heavy atom. The predicted molar refractivity (Wildman–Crippen MR) is 92.3 cm³/mol. The smallest absolute Gasteiger partial charge is 0.132 e. The molecule has 132 valence electrons. The first-order valence-electron chi connectivity index (χ1n) is 9.31. The van der Waals surface area contributed by atoms with Gasteiger partial charge in [0, 0.05) is 38.2 Å². The van der Waals surface area contributed by atoms with E-state index in [1.54, 1.807) is 6.33 Å². The fourth-order valence-electron chi connectivity index (χ4n) is 4.19. The molecule has 3 aliphatic rings. The number of piperidine rings is 1. The fraction of sp³-hybridized carbons (Fsp3) is 0.778. The standard InChI is InChI=1S/C18H28N4O2/c23-18(13-21-6-1-2-7-21)4-8-22(9-5-18)17-11-16(19-14-20-17)15-3-10-24-12-15/h11,14-15,23H,1-10,12-13H2/t15-/m0/s1. The zero-order valence-corrected chi connectivity index (χ0v) is 14.4. The SMILES string of the molecule is OC1(CN2CCCC2)CCN(c2cc([C@H]3CCOC3)ncn2)CC1. The molecular formula is C18H28N4O2. The van der Waals surface area contributed by atoms with Crippen molar-refractivity contribution in [1.82, 2.24) is 14.9 Å². The van der Waals surface area contributed by atoms with Crippen molar-refractivity contribution in [3.63, 3.8) is 0 Å². The molecule has 0 unspecified atom stereocenters. The Balaban J connectivity index is 1.37. The second-order valence-electron chi connectivity index (χ2n) is 7.56. The van der Waals surface area contributed by atoms with Crippen LogP contribution in [-0.4, -0.2) is 71.5 Å². The van der Waals surface area contributed by atoms with Gasteiger partial charge in [0.25, 0.3) is 0 Å². The number of hydrogen-bond donors (Lipinski definition) is 1. The van der Waals surface area contributed by atoms with E-state index in [4.69, 9.17) is 4.74 Å². The molecule has 3 fully saturated rings. The highest BCUT2D eigenvalue weighted by atomic mass is 16.5. The summed E-state index contributed by atoms with van der Waals surface area (Å²) in [6.45, 7) is 6.44. The van der Waals surface area contributed by atoms with Crippen LogP contribution >= 0.6 is 0 Å². The van der Waals surface area contributed by atoms with Crippen LogP contribution in [0, 0.1) is 0 Å². The maximum Gasteiger partial charge on any atom is 0.132 e. The van der Waals surface area contributed by atoms with Crippen LogP contribution in [0.5, 0.6) is 0 Å². The van der Waals surface area contributed by atoms with Crippen molar-refractivity contribution in [2.45, 2.75) is 43.6 Å². The second kappa shape index (κ2) is 6.94. The molecule has 1 atom stereocenters. The lowest BCUT2D eigenvalue weighted by atomic mass is 9.90. The molecule has 3 saturated heterocycles. The van der Waals surface area contributed by atoms with Crippen LogP contribution in [-0.2, 0) is 4.74 Å². The first kappa shape index (κ1) is 16.2. The second-order valence-corrected chi connectivity index (χ2v) is 7.56. The van der Waals surface area contributed by atoms with Gasteiger partial charge in [-0.15, -0.1) is 0 Å². The number of rotatable bonds is 4. The number of hydrogen-bond acceptors (Lipinski definition) is 6. The Hall–Kier alpha value is -1.24. The molecule has 3 aliphatic heterocycles. The van der Waals surface area contributed by atoms with Crippen LogP contribution in [0.25, 0.3) is 0 Å². The van der Waals surface area contributed by atoms with Gasteiger partial charge < -0.3 is 19.6 Å². The quantitative estimate of drug-likeness (QED) is 0.899. The van der Waals surface area contributed by atoms with Gasteiger partial charge in [-0.1, -0.05) is 0 Å². The van der Waals surface area contributed by atoms with Crippen LogP contribution < -0.4 is 4.90 Å². The number of aromatic nitrogens is 2. The Labute approximate surface area is 143 Å². The van der Waals surface area contributed by atoms with Gasteiger partial charge >= 0.3 is 0 Å². The minimum Gasteiger partial charge on any atom is -0.388 e. The van der Waals surface area contributed by atoms with E-state index in [1.165, 1.54) is 12.8 Å². The van der Waals surface area contributed by atoms with Crippen molar-refractivity contribution >= 4 is 5.82 Å². The van der Waals surface area contributed by atoms with Gasteiger partial charge in [0.15, 0.2) is 0 Å². The fourth-order valence-corrected chi connectivity index (χ4v) is 4.19. The van der Waals surface area contributed by atoms with Gasteiger partial charge in [-0.3, -0.25) is 0 Å². The molecule has 4 heterocycles. The molecule has 24 heavy (non-hydrogen) atoms. The molecule has 0 amide bonds. The highest BCUT2D eigenvalue weighted by Crippen LogP contribution is 2.29. The summed E-state index contributed by atoms with van der Waals surface area (Å²) in [7, 11) is 0. The molecule has 0 bridgehead atoms. The van der Waals surface area contributed by atoms with E-state index in [9.17, 15) is 5.11 Å². The number of nitrogens with zero attached hydrogens (tertiary/aromatic N) is 4. The Morgan fingerprint density at radius 3 is 2.67 bits per heavy atom. The minimum atomic E-state index is -0.532. The zero-order valence-electron chi connectivity index (χ0n) is 14.4. The first-order valence-corrected chi connectivity index (χ1v) is 9.31. The lowest BCUT2D eigenvalue weighted by Gasteiger charge is -2.40. The molecular weight excluding hydrogens is 304 g/mol. The Bertz CT molecular complexity index is 548. The average molecular weight is 332 g/mol. The van der Waals surface area contributed by atoms with Crippen molar-refractivity contribution in [1.29, 1.82) is 0 Å². The normalized spacial score (nSPS) is 27.7. The summed E-state index contributed by atoms with van der Waals surface area (Å²) >= 11 is 0. The third kappa shape index (κ3) is 3.55. The molecule has 4 rings (SSSR count). The lowest BCUT2D eigenvalue weighted by Crippen LogP contribution is -2.50. The molecule has 1 aromatic rings. The summed E-state index contributed by atoms with van der Waals surface area (Å²) in [5.41, 5.74) is 0.561. The zero-order chi connectivity index (χ0) is 16.4. The number of ether oxygens (including phenoxy) is 1. The van der Waals surface area contributed by atoms with Gasteiger partial charge in [-0.2, -0.15) is 0 Å². The third-order valence-electron chi connectivity index (χ3n) is 5.76. The van der Waals surface area contributed by atoms with Crippen molar-refractivity contribution in [2.24, 2.45) is 0 Å². The molecule has 0 radical (unpaired) electrons. The molecule has 0 aliphatic carbocycles. The van der Waals surface area contributed by atoms with E-state index in [2.05, 4.69) is 25.8 Å². The molecule has 6 heteroatoms.